The number of carbonyl (C=O) groups is 3. The van der Waals surface area contributed by atoms with E-state index in [0.717, 1.165) is 5.56 Å². The van der Waals surface area contributed by atoms with E-state index < -0.39 is 66.8 Å². The molecule has 0 saturated carbocycles. The number of rotatable bonds is 7. The minimum atomic E-state index is -1.49. The predicted octanol–water partition coefficient (Wildman–Crippen LogP) is 2.13. The van der Waals surface area contributed by atoms with Crippen molar-refractivity contribution >= 4 is 41.3 Å². The highest BCUT2D eigenvalue weighted by Gasteiger charge is 2.54. The average molecular weight is 493 g/mol. The van der Waals surface area contributed by atoms with E-state index in [2.05, 4.69) is 0 Å². The van der Waals surface area contributed by atoms with Crippen molar-refractivity contribution in [2.75, 3.05) is 18.4 Å². The Bertz CT molecular complexity index is 792. The third-order valence-electron chi connectivity index (χ3n) is 4.60. The van der Waals surface area contributed by atoms with Gasteiger partial charge in [-0.3, -0.25) is 9.59 Å². The molecule has 2 saturated heterocycles. The Morgan fingerprint density at radius 3 is 2.28 bits per heavy atom. The Kier molecular flexibility index (Phi) is 8.94. The second kappa shape index (κ2) is 11.7. The molecule has 0 spiro atoms. The first-order valence-corrected chi connectivity index (χ1v) is 10.8. The highest BCUT2D eigenvalue weighted by molar-refractivity contribution is 6.26. The molecule has 6 atom stereocenters. The number of fused-ring (bicyclic) bond motifs is 1. The van der Waals surface area contributed by atoms with E-state index >= 15 is 0 Å². The Hall–Kier alpha value is -2.11. The van der Waals surface area contributed by atoms with Gasteiger partial charge in [-0.05, 0) is 12.5 Å². The topological polar surface area (TPSA) is 116 Å². The van der Waals surface area contributed by atoms with Crippen molar-refractivity contribution in [2.24, 2.45) is 0 Å². The van der Waals surface area contributed by atoms with Gasteiger partial charge in [-0.15, -0.1) is 23.2 Å². The van der Waals surface area contributed by atoms with Crippen molar-refractivity contribution in [1.29, 1.82) is 0 Å². The maximum atomic E-state index is 12.3. The number of alkyl halides is 2. The average Bonchev–Trinajstić information content (AvgIpc) is 2.80. The van der Waals surface area contributed by atoms with Gasteiger partial charge in [0.15, 0.2) is 12.4 Å². The van der Waals surface area contributed by atoms with Crippen LogP contribution in [-0.4, -0.2) is 73.5 Å². The van der Waals surface area contributed by atoms with Crippen molar-refractivity contribution in [3.8, 4) is 0 Å². The zero-order chi connectivity index (χ0) is 23.1. The summed E-state index contributed by atoms with van der Waals surface area (Å²) in [6, 6.07) is 8.92. The first-order valence-electron chi connectivity index (χ1n) is 9.72. The van der Waals surface area contributed by atoms with Gasteiger partial charge in [0.2, 0.25) is 12.4 Å². The highest BCUT2D eigenvalue weighted by atomic mass is 35.5. The number of ether oxygens (including phenoxy) is 7. The SMILES string of the molecule is C[C@@H]1OC[C@H]2O[C@@H](OC(=O)OCc3ccccc3)[C@H](OC(=O)CCl)[C@@H](OC(=O)CCl)[C@@H]2O1. The van der Waals surface area contributed by atoms with Crippen molar-refractivity contribution < 1.29 is 47.5 Å². The normalized spacial score (nSPS) is 29.3. The fraction of sp³-hybridized carbons (Fsp3) is 0.550. The third kappa shape index (κ3) is 6.46. The second-order valence-electron chi connectivity index (χ2n) is 6.86. The molecular formula is C20H22Cl2O10. The van der Waals surface area contributed by atoms with E-state index in [1.54, 1.807) is 31.2 Å². The number of carbonyl (C=O) groups excluding carboxylic acids is 3. The third-order valence-corrected chi connectivity index (χ3v) is 5.04. The van der Waals surface area contributed by atoms with Crippen molar-refractivity contribution in [2.45, 2.75) is 50.5 Å². The molecule has 0 unspecified atom stereocenters. The minimum absolute atomic E-state index is 0.0514. The summed E-state index contributed by atoms with van der Waals surface area (Å²) in [6.45, 7) is 1.63. The quantitative estimate of drug-likeness (QED) is 0.318. The molecule has 32 heavy (non-hydrogen) atoms. The van der Waals surface area contributed by atoms with Crippen molar-refractivity contribution in [3.63, 3.8) is 0 Å². The van der Waals surface area contributed by atoms with Crippen LogP contribution in [0.4, 0.5) is 4.79 Å². The van der Waals surface area contributed by atoms with Gasteiger partial charge < -0.3 is 33.2 Å². The Morgan fingerprint density at radius 1 is 0.969 bits per heavy atom. The van der Waals surface area contributed by atoms with E-state index in [1.165, 1.54) is 0 Å². The van der Waals surface area contributed by atoms with Gasteiger partial charge in [-0.1, -0.05) is 30.3 Å². The van der Waals surface area contributed by atoms with Crippen LogP contribution in [0.5, 0.6) is 0 Å². The summed E-state index contributed by atoms with van der Waals surface area (Å²) in [4.78, 5) is 36.2. The molecule has 1 aromatic rings. The molecule has 0 aromatic heterocycles. The minimum Gasteiger partial charge on any atom is -0.454 e. The summed E-state index contributed by atoms with van der Waals surface area (Å²) >= 11 is 11.1. The number of benzene rings is 1. The molecule has 2 aliphatic rings. The summed E-state index contributed by atoms with van der Waals surface area (Å²) in [7, 11) is 0. The molecule has 0 N–H and O–H groups in total. The molecular weight excluding hydrogens is 471 g/mol. The van der Waals surface area contributed by atoms with E-state index in [1.807, 2.05) is 6.07 Å². The fourth-order valence-electron chi connectivity index (χ4n) is 3.23. The van der Waals surface area contributed by atoms with Gasteiger partial charge >= 0.3 is 18.1 Å². The van der Waals surface area contributed by atoms with Crippen molar-refractivity contribution in [3.05, 3.63) is 35.9 Å². The monoisotopic (exact) mass is 492 g/mol. The number of halogens is 2. The highest BCUT2D eigenvalue weighted by Crippen LogP contribution is 2.33. The van der Waals surface area contributed by atoms with Gasteiger partial charge in [0.05, 0.1) is 6.61 Å². The van der Waals surface area contributed by atoms with Gasteiger partial charge in [0.1, 0.15) is 30.6 Å². The predicted molar refractivity (Wildman–Crippen MR) is 108 cm³/mol. The number of esters is 2. The van der Waals surface area contributed by atoms with Crippen LogP contribution in [0.3, 0.4) is 0 Å². The molecule has 0 amide bonds. The van der Waals surface area contributed by atoms with Gasteiger partial charge in [-0.25, -0.2) is 4.79 Å². The first-order chi connectivity index (χ1) is 15.4. The number of hydrogen-bond acceptors (Lipinski definition) is 10. The lowest BCUT2D eigenvalue weighted by atomic mass is 9.97. The van der Waals surface area contributed by atoms with Crippen LogP contribution in [0.1, 0.15) is 12.5 Å². The molecule has 0 aliphatic carbocycles. The largest absolute Gasteiger partial charge is 0.511 e. The molecule has 10 nitrogen and oxygen atoms in total. The summed E-state index contributed by atoms with van der Waals surface area (Å²) in [5, 5.41) is 0. The zero-order valence-corrected chi connectivity index (χ0v) is 18.5. The summed E-state index contributed by atoms with van der Waals surface area (Å²) < 4.78 is 37.9. The van der Waals surface area contributed by atoms with Gasteiger partial charge in [0.25, 0.3) is 0 Å². The Balaban J connectivity index is 1.77. The summed E-state index contributed by atoms with van der Waals surface area (Å²) in [5.41, 5.74) is 0.733. The molecule has 1 aromatic carbocycles. The van der Waals surface area contributed by atoms with Crippen LogP contribution in [0.25, 0.3) is 0 Å². The van der Waals surface area contributed by atoms with Crippen LogP contribution < -0.4 is 0 Å². The maximum Gasteiger partial charge on any atom is 0.511 e. The fourth-order valence-corrected chi connectivity index (χ4v) is 3.36. The lowest BCUT2D eigenvalue weighted by Crippen LogP contribution is -2.65. The molecule has 2 aliphatic heterocycles. The lowest BCUT2D eigenvalue weighted by Gasteiger charge is -2.47. The summed E-state index contributed by atoms with van der Waals surface area (Å²) in [5.74, 6) is -2.59. The van der Waals surface area contributed by atoms with Crippen LogP contribution in [0, 0.1) is 0 Å². The molecule has 3 rings (SSSR count). The van der Waals surface area contributed by atoms with Crippen LogP contribution in [-0.2, 0) is 49.4 Å². The van der Waals surface area contributed by atoms with E-state index in [4.69, 9.17) is 56.4 Å². The number of hydrogen-bond donors (Lipinski definition) is 0. The van der Waals surface area contributed by atoms with Crippen LogP contribution in [0.15, 0.2) is 30.3 Å². The molecule has 12 heteroatoms. The van der Waals surface area contributed by atoms with Crippen LogP contribution in [0.2, 0.25) is 0 Å². The first kappa shape index (κ1) is 24.5. The molecule has 176 valence electrons. The molecule has 0 radical (unpaired) electrons. The second-order valence-corrected chi connectivity index (χ2v) is 7.40. The Morgan fingerprint density at radius 2 is 1.62 bits per heavy atom. The maximum absolute atomic E-state index is 12.3. The van der Waals surface area contributed by atoms with Gasteiger partial charge in [-0.2, -0.15) is 0 Å². The lowest BCUT2D eigenvalue weighted by molar-refractivity contribution is -0.350. The van der Waals surface area contributed by atoms with E-state index in [-0.39, 0.29) is 13.2 Å². The standard InChI is InChI=1S/C20H22Cl2O10/c1-11-26-10-13-16(28-11)17(30-14(23)7-21)18(31-15(24)8-22)19(29-13)32-20(25)27-9-12-5-3-2-4-6-12/h2-6,11,13,16-19H,7-10H2,1H3/t11-,13-,16-,17+,18-,19+/m1/s1. The van der Waals surface area contributed by atoms with Crippen molar-refractivity contribution in [1.82, 2.24) is 0 Å². The zero-order valence-electron chi connectivity index (χ0n) is 17.0. The van der Waals surface area contributed by atoms with E-state index in [9.17, 15) is 14.4 Å². The molecule has 2 fully saturated rings. The Labute approximate surface area is 193 Å². The molecule has 2 heterocycles. The van der Waals surface area contributed by atoms with Crippen LogP contribution >= 0.6 is 23.2 Å². The van der Waals surface area contributed by atoms with Gasteiger partial charge in [0, 0.05) is 0 Å². The summed E-state index contributed by atoms with van der Waals surface area (Å²) in [6.07, 6.45) is -7.47. The molecule has 0 bridgehead atoms. The van der Waals surface area contributed by atoms with E-state index in [0.29, 0.717) is 0 Å². The smallest absolute Gasteiger partial charge is 0.454 e.